The molecule has 1 aromatic heterocycles. The quantitative estimate of drug-likeness (QED) is 0.0636. The third kappa shape index (κ3) is 11.1. The Kier molecular flexibility index (Phi) is 16.2. The minimum atomic E-state index is -1.19. The Bertz CT molecular complexity index is 1840. The van der Waals surface area contributed by atoms with Crippen molar-refractivity contribution in [1.29, 1.82) is 0 Å². The maximum atomic E-state index is 13.9. The van der Waals surface area contributed by atoms with E-state index in [4.69, 9.17) is 49.4 Å². The smallest absolute Gasteiger partial charge is 0.315 e. The van der Waals surface area contributed by atoms with E-state index >= 15 is 0 Å². The predicted octanol–water partition coefficient (Wildman–Crippen LogP) is 6.09. The van der Waals surface area contributed by atoms with E-state index in [1.54, 1.807) is 41.9 Å². The lowest BCUT2D eigenvalue weighted by molar-refractivity contribution is -0.128. The molecule has 5 N–H and O–H groups in total. The highest BCUT2D eigenvalue weighted by Gasteiger charge is 2.42. The van der Waals surface area contributed by atoms with Crippen LogP contribution in [0, 0.1) is 6.92 Å². The topological polar surface area (TPSA) is 165 Å². The Labute approximate surface area is 347 Å². The minimum Gasteiger partial charge on any atom is -0.377 e. The summed E-state index contributed by atoms with van der Waals surface area (Å²) in [5.74, 6) is 0.104. The number of fused-ring (bicyclic) bond motifs is 1. The van der Waals surface area contributed by atoms with Crippen molar-refractivity contribution in [3.05, 3.63) is 68.8 Å². The van der Waals surface area contributed by atoms with Gasteiger partial charge in [-0.15, -0.1) is 0 Å². The monoisotopic (exact) mass is 849 g/mol. The van der Waals surface area contributed by atoms with Crippen LogP contribution >= 0.6 is 46.6 Å². The Morgan fingerprint density at radius 2 is 1.61 bits per heavy atom. The molecule has 5 rings (SSSR count). The molecule has 5 amide bonds. The number of aromatic nitrogens is 2. The second-order valence-electron chi connectivity index (χ2n) is 13.8. The van der Waals surface area contributed by atoms with Crippen molar-refractivity contribution in [2.24, 2.45) is 0 Å². The number of nitrogens with zero attached hydrogens (tertiary/aromatic N) is 2. The number of nitrogens with one attached hydrogen (secondary N) is 5. The molecule has 0 radical (unpaired) electrons. The zero-order valence-corrected chi connectivity index (χ0v) is 34.9. The van der Waals surface area contributed by atoms with Gasteiger partial charge in [-0.1, -0.05) is 67.2 Å². The number of thioether (sulfide) groups is 1. The normalized spacial score (nSPS) is 17.6. The number of urea groups is 1. The minimum absolute atomic E-state index is 0.00450. The molecule has 0 saturated carbocycles. The van der Waals surface area contributed by atoms with Crippen molar-refractivity contribution in [3.63, 3.8) is 0 Å². The van der Waals surface area contributed by atoms with Crippen LogP contribution in [0.3, 0.4) is 0 Å². The van der Waals surface area contributed by atoms with Crippen LogP contribution in [0.4, 0.5) is 4.79 Å². The van der Waals surface area contributed by atoms with E-state index in [-0.39, 0.29) is 48.8 Å². The van der Waals surface area contributed by atoms with E-state index in [1.807, 2.05) is 37.7 Å². The molecule has 2 aliphatic rings. The Hall–Kier alpha value is -3.53. The summed E-state index contributed by atoms with van der Waals surface area (Å²) >= 11 is 20.8. The van der Waals surface area contributed by atoms with E-state index < -0.39 is 11.4 Å². The second-order valence-corrected chi connectivity index (χ2v) is 16.3. The Balaban J connectivity index is 1.01. The van der Waals surface area contributed by atoms with Gasteiger partial charge in [0.05, 0.1) is 54.9 Å². The molecule has 0 unspecified atom stereocenters. The van der Waals surface area contributed by atoms with Gasteiger partial charge in [-0.2, -0.15) is 16.9 Å². The molecule has 3 aromatic rings. The third-order valence-electron chi connectivity index (χ3n) is 10.1. The first-order chi connectivity index (χ1) is 27.0. The SMILES string of the molecule is CCC(CC)(NC(=O)c1nn(-c2ccc(Cl)cc2Cl)c(-c2ccc(Cl)cc2)c1C)C(=O)NCCOCCOCCNC(=O)CCCC[C@@H]1SC[C@@H]2NC(=O)N[C@@H]21. The lowest BCUT2D eigenvalue weighted by Crippen LogP contribution is -2.58. The van der Waals surface area contributed by atoms with E-state index in [0.29, 0.717) is 82.9 Å². The van der Waals surface area contributed by atoms with Crippen molar-refractivity contribution < 1.29 is 28.7 Å². The lowest BCUT2D eigenvalue weighted by Gasteiger charge is -2.31. The van der Waals surface area contributed by atoms with Crippen molar-refractivity contribution in [1.82, 2.24) is 36.4 Å². The largest absolute Gasteiger partial charge is 0.377 e. The fourth-order valence-corrected chi connectivity index (χ4v) is 9.08. The number of carbonyl (C=O) groups is 4. The van der Waals surface area contributed by atoms with Crippen LogP contribution in [-0.2, 0) is 19.1 Å². The summed E-state index contributed by atoms with van der Waals surface area (Å²) in [5, 5.41) is 21.2. The fourth-order valence-electron chi connectivity index (χ4n) is 6.92. The van der Waals surface area contributed by atoms with Gasteiger partial charge in [0.15, 0.2) is 5.69 Å². The maximum absolute atomic E-state index is 13.9. The van der Waals surface area contributed by atoms with Gasteiger partial charge in [0.1, 0.15) is 5.54 Å². The van der Waals surface area contributed by atoms with Crippen LogP contribution in [0.5, 0.6) is 0 Å². The molecule has 13 nitrogen and oxygen atoms in total. The zero-order valence-electron chi connectivity index (χ0n) is 31.9. The van der Waals surface area contributed by atoms with Crippen molar-refractivity contribution in [2.75, 3.05) is 45.3 Å². The molecule has 17 heteroatoms. The number of hydrogen-bond acceptors (Lipinski definition) is 8. The molecule has 3 atom stereocenters. The summed E-state index contributed by atoms with van der Waals surface area (Å²) in [6, 6.07) is 12.5. The highest BCUT2D eigenvalue weighted by Crippen LogP contribution is 2.35. The molecular weight excluding hydrogens is 801 g/mol. The van der Waals surface area contributed by atoms with Gasteiger partial charge in [-0.05, 0) is 62.9 Å². The summed E-state index contributed by atoms with van der Waals surface area (Å²) in [4.78, 5) is 51.2. The molecular formula is C39H50Cl3N7O6S. The zero-order chi connectivity index (χ0) is 40.2. The van der Waals surface area contributed by atoms with Crippen LogP contribution in [0.15, 0.2) is 42.5 Å². The molecule has 0 bridgehead atoms. The first-order valence-corrected chi connectivity index (χ1v) is 21.2. The molecule has 2 fully saturated rings. The Morgan fingerprint density at radius 1 is 0.929 bits per heavy atom. The third-order valence-corrected chi connectivity index (χ3v) is 12.4. The van der Waals surface area contributed by atoms with Gasteiger partial charge < -0.3 is 36.1 Å². The maximum Gasteiger partial charge on any atom is 0.315 e. The molecule has 2 aliphatic heterocycles. The number of unbranched alkanes of at least 4 members (excludes halogenated alkanes) is 1. The average molecular weight is 851 g/mol. The number of rotatable bonds is 21. The molecule has 304 valence electrons. The standard InChI is InChI=1S/C39H50Cl3N7O6S/c1-4-39(5-2,47-36(51)33-24(3)35(25-10-12-26(40)13-11-25)49(48-33)30-15-14-27(41)22-28(30)42)37(52)44-17-19-55-21-20-54-18-16-43-32(50)9-7-6-8-31-34-29(23-56-31)45-38(53)46-34/h10-15,22,29,31,34H,4-9,16-21,23H2,1-3H3,(H,43,50)(H,44,52)(H,47,51)(H2,45,46,53)/t29-,31-,34-/m0/s1. The summed E-state index contributed by atoms with van der Waals surface area (Å²) in [5.41, 5.74) is 1.50. The van der Waals surface area contributed by atoms with Crippen molar-refractivity contribution in [3.8, 4) is 16.9 Å². The van der Waals surface area contributed by atoms with E-state index in [9.17, 15) is 19.2 Å². The summed E-state index contributed by atoms with van der Waals surface area (Å²) in [7, 11) is 0. The van der Waals surface area contributed by atoms with E-state index in [1.165, 1.54) is 0 Å². The van der Waals surface area contributed by atoms with Gasteiger partial charge in [-0.3, -0.25) is 14.4 Å². The van der Waals surface area contributed by atoms with Crippen LogP contribution < -0.4 is 26.6 Å². The molecule has 56 heavy (non-hydrogen) atoms. The highest BCUT2D eigenvalue weighted by molar-refractivity contribution is 8.00. The second kappa shape index (κ2) is 20.8. The van der Waals surface area contributed by atoms with Gasteiger partial charge in [-0.25, -0.2) is 9.48 Å². The summed E-state index contributed by atoms with van der Waals surface area (Å²) in [6.45, 7) is 7.41. The predicted molar refractivity (Wildman–Crippen MR) is 221 cm³/mol. The van der Waals surface area contributed by atoms with Crippen LogP contribution in [0.1, 0.15) is 68.4 Å². The molecule has 3 heterocycles. The van der Waals surface area contributed by atoms with E-state index in [2.05, 4.69) is 26.6 Å². The van der Waals surface area contributed by atoms with Gasteiger partial charge in [0.2, 0.25) is 11.8 Å². The molecule has 0 aliphatic carbocycles. The van der Waals surface area contributed by atoms with Gasteiger partial charge in [0, 0.05) is 51.7 Å². The lowest BCUT2D eigenvalue weighted by atomic mass is 9.91. The van der Waals surface area contributed by atoms with Gasteiger partial charge in [0.25, 0.3) is 5.91 Å². The molecule has 0 spiro atoms. The van der Waals surface area contributed by atoms with Crippen molar-refractivity contribution >= 4 is 70.3 Å². The van der Waals surface area contributed by atoms with Crippen LogP contribution in [0.25, 0.3) is 16.9 Å². The Morgan fingerprint density at radius 3 is 2.29 bits per heavy atom. The van der Waals surface area contributed by atoms with Crippen molar-refractivity contribution in [2.45, 2.75) is 82.2 Å². The number of carbonyl (C=O) groups excluding carboxylic acids is 4. The number of benzene rings is 2. The van der Waals surface area contributed by atoms with Crippen LogP contribution in [-0.4, -0.2) is 102 Å². The fraction of sp³-hybridized carbons (Fsp3) is 0.513. The number of hydrogen-bond donors (Lipinski definition) is 5. The molecule has 2 aromatic carbocycles. The summed E-state index contributed by atoms with van der Waals surface area (Å²) < 4.78 is 12.8. The summed E-state index contributed by atoms with van der Waals surface area (Å²) in [6.07, 6.45) is 3.86. The molecule has 2 saturated heterocycles. The first kappa shape index (κ1) is 43.6. The van der Waals surface area contributed by atoms with E-state index in [0.717, 1.165) is 30.6 Å². The highest BCUT2D eigenvalue weighted by atomic mass is 35.5. The van der Waals surface area contributed by atoms with Crippen LogP contribution in [0.2, 0.25) is 15.1 Å². The average Bonchev–Trinajstić information content (AvgIpc) is 3.85. The number of ether oxygens (including phenoxy) is 2. The number of amides is 5. The van der Waals surface area contributed by atoms with Gasteiger partial charge >= 0.3 is 6.03 Å². The first-order valence-electron chi connectivity index (χ1n) is 19.0. The number of halogens is 3.